The van der Waals surface area contributed by atoms with Crippen LogP contribution >= 0.6 is 15.9 Å². The monoisotopic (exact) mass is 448 g/mol. The van der Waals surface area contributed by atoms with Crippen LogP contribution in [0.5, 0.6) is 0 Å². The standard InChI is InChI=1S/C23H21BrN4O/c1-2-3-12-28-21-6-4-16(13-19(21)20-14-18(24)5-7-22(20)28)15-26-27-23(29)17-8-10-25-11-9-17/h4-11,13-15H,2-3,12H2,1H3,(H,27,29)/b26-15+. The number of hydrazone groups is 1. The van der Waals surface area contributed by atoms with Gasteiger partial charge >= 0.3 is 0 Å². The number of rotatable bonds is 6. The van der Waals surface area contributed by atoms with Crippen molar-refractivity contribution >= 4 is 49.9 Å². The summed E-state index contributed by atoms with van der Waals surface area (Å²) in [5, 5.41) is 6.51. The summed E-state index contributed by atoms with van der Waals surface area (Å²) in [4.78, 5) is 16.0. The minimum Gasteiger partial charge on any atom is -0.340 e. The zero-order valence-corrected chi connectivity index (χ0v) is 17.7. The van der Waals surface area contributed by atoms with E-state index in [-0.39, 0.29) is 5.91 Å². The molecule has 0 saturated carbocycles. The molecule has 6 heteroatoms. The van der Waals surface area contributed by atoms with E-state index < -0.39 is 0 Å². The van der Waals surface area contributed by atoms with Gasteiger partial charge in [-0.3, -0.25) is 9.78 Å². The van der Waals surface area contributed by atoms with Crippen molar-refractivity contribution in [1.82, 2.24) is 15.0 Å². The molecule has 0 aliphatic heterocycles. The van der Waals surface area contributed by atoms with Crippen molar-refractivity contribution in [3.05, 3.63) is 76.5 Å². The first-order valence-corrected chi connectivity index (χ1v) is 10.4. The Morgan fingerprint density at radius 2 is 1.83 bits per heavy atom. The number of carbonyl (C=O) groups excluding carboxylic acids is 1. The number of pyridine rings is 1. The van der Waals surface area contributed by atoms with Gasteiger partial charge in [0.1, 0.15) is 0 Å². The number of nitrogens with zero attached hydrogens (tertiary/aromatic N) is 3. The van der Waals surface area contributed by atoms with Crippen molar-refractivity contribution in [2.24, 2.45) is 5.10 Å². The zero-order chi connectivity index (χ0) is 20.2. The molecule has 0 bridgehead atoms. The quantitative estimate of drug-likeness (QED) is 0.312. The Kier molecular flexibility index (Phi) is 5.71. The molecule has 2 heterocycles. The number of nitrogens with one attached hydrogen (secondary N) is 1. The SMILES string of the molecule is CCCCn1c2ccc(Br)cc2c2cc(/C=N/NC(=O)c3ccncc3)ccc21. The molecule has 0 aliphatic carbocycles. The molecule has 2 aromatic carbocycles. The van der Waals surface area contributed by atoms with Crippen molar-refractivity contribution in [1.29, 1.82) is 0 Å². The van der Waals surface area contributed by atoms with Crippen LogP contribution in [0.15, 0.2) is 70.5 Å². The van der Waals surface area contributed by atoms with Gasteiger partial charge in [-0.25, -0.2) is 5.43 Å². The first-order chi connectivity index (χ1) is 14.2. The van der Waals surface area contributed by atoms with E-state index >= 15 is 0 Å². The molecular weight excluding hydrogens is 428 g/mol. The van der Waals surface area contributed by atoms with E-state index in [1.807, 2.05) is 6.07 Å². The molecule has 0 spiro atoms. The second-order valence-electron chi connectivity index (χ2n) is 6.88. The summed E-state index contributed by atoms with van der Waals surface area (Å²) in [5.41, 5.74) is 6.47. The molecule has 4 aromatic rings. The van der Waals surface area contributed by atoms with Gasteiger partial charge in [-0.1, -0.05) is 35.3 Å². The fourth-order valence-electron chi connectivity index (χ4n) is 3.46. The van der Waals surface area contributed by atoms with Crippen LogP contribution in [0, 0.1) is 0 Å². The molecule has 4 rings (SSSR count). The van der Waals surface area contributed by atoms with Crippen molar-refractivity contribution in [3.63, 3.8) is 0 Å². The summed E-state index contributed by atoms with van der Waals surface area (Å²) in [5.74, 6) is -0.259. The Morgan fingerprint density at radius 3 is 2.59 bits per heavy atom. The fraction of sp³-hybridized carbons (Fsp3) is 0.174. The molecule has 2 aromatic heterocycles. The van der Waals surface area contributed by atoms with Crippen molar-refractivity contribution < 1.29 is 4.79 Å². The topological polar surface area (TPSA) is 59.3 Å². The third kappa shape index (κ3) is 4.07. The number of carbonyl (C=O) groups is 1. The van der Waals surface area contributed by atoms with Crippen molar-refractivity contribution in [2.75, 3.05) is 0 Å². The average molecular weight is 449 g/mol. The third-order valence-electron chi connectivity index (χ3n) is 4.91. The van der Waals surface area contributed by atoms with Crippen LogP contribution in [-0.4, -0.2) is 21.7 Å². The number of fused-ring (bicyclic) bond motifs is 3. The van der Waals surface area contributed by atoms with Crippen molar-refractivity contribution in [2.45, 2.75) is 26.3 Å². The lowest BCUT2D eigenvalue weighted by molar-refractivity contribution is 0.0955. The Bertz CT molecular complexity index is 1200. The molecule has 0 fully saturated rings. The third-order valence-corrected chi connectivity index (χ3v) is 5.40. The van der Waals surface area contributed by atoms with Gasteiger partial charge in [0.2, 0.25) is 0 Å². The highest BCUT2D eigenvalue weighted by Gasteiger charge is 2.11. The maximum absolute atomic E-state index is 12.1. The summed E-state index contributed by atoms with van der Waals surface area (Å²) in [7, 11) is 0. The van der Waals surface area contributed by atoms with Crippen LogP contribution in [0.3, 0.4) is 0 Å². The van der Waals surface area contributed by atoms with Gasteiger partial charge in [-0.05, 0) is 54.4 Å². The molecule has 0 atom stereocenters. The molecule has 29 heavy (non-hydrogen) atoms. The Hall–Kier alpha value is -2.99. The highest BCUT2D eigenvalue weighted by Crippen LogP contribution is 2.32. The molecule has 5 nitrogen and oxygen atoms in total. The van der Waals surface area contributed by atoms with E-state index in [9.17, 15) is 4.79 Å². The van der Waals surface area contributed by atoms with E-state index in [4.69, 9.17) is 0 Å². The van der Waals surface area contributed by atoms with Crippen LogP contribution in [0.4, 0.5) is 0 Å². The molecule has 0 saturated heterocycles. The number of aryl methyl sites for hydroxylation is 1. The maximum atomic E-state index is 12.1. The van der Waals surface area contributed by atoms with Crippen LogP contribution in [0.2, 0.25) is 0 Å². The smallest absolute Gasteiger partial charge is 0.271 e. The Morgan fingerprint density at radius 1 is 1.10 bits per heavy atom. The number of benzene rings is 2. The summed E-state index contributed by atoms with van der Waals surface area (Å²) in [6.45, 7) is 3.20. The van der Waals surface area contributed by atoms with Gasteiger partial charge in [0.25, 0.3) is 5.91 Å². The molecule has 0 aliphatic rings. The molecule has 0 radical (unpaired) electrons. The first kappa shape index (κ1) is 19.3. The molecular formula is C23H21BrN4O. The lowest BCUT2D eigenvalue weighted by Gasteiger charge is -2.06. The molecule has 1 amide bonds. The van der Waals surface area contributed by atoms with Gasteiger partial charge in [0.15, 0.2) is 0 Å². The minimum absolute atomic E-state index is 0.259. The minimum atomic E-state index is -0.259. The maximum Gasteiger partial charge on any atom is 0.271 e. The Labute approximate surface area is 177 Å². The molecule has 146 valence electrons. The molecule has 1 N–H and O–H groups in total. The van der Waals surface area contributed by atoms with Gasteiger partial charge in [0, 0.05) is 50.8 Å². The largest absolute Gasteiger partial charge is 0.340 e. The lowest BCUT2D eigenvalue weighted by atomic mass is 10.1. The second kappa shape index (κ2) is 8.57. The zero-order valence-electron chi connectivity index (χ0n) is 16.1. The van der Waals surface area contributed by atoms with Gasteiger partial charge < -0.3 is 4.57 Å². The van der Waals surface area contributed by atoms with Crippen LogP contribution < -0.4 is 5.43 Å². The number of halogens is 1. The van der Waals surface area contributed by atoms with E-state index in [0.29, 0.717) is 5.56 Å². The average Bonchev–Trinajstić information content (AvgIpc) is 3.05. The number of hydrogen-bond donors (Lipinski definition) is 1. The number of hydrogen-bond acceptors (Lipinski definition) is 3. The van der Waals surface area contributed by atoms with Crippen LogP contribution in [0.25, 0.3) is 21.8 Å². The first-order valence-electron chi connectivity index (χ1n) is 9.62. The van der Waals surface area contributed by atoms with Gasteiger partial charge in [0.05, 0.1) is 6.21 Å². The lowest BCUT2D eigenvalue weighted by Crippen LogP contribution is -2.17. The predicted octanol–water partition coefficient (Wildman–Crippen LogP) is 5.52. The predicted molar refractivity (Wildman–Crippen MR) is 121 cm³/mol. The summed E-state index contributed by atoms with van der Waals surface area (Å²) >= 11 is 3.59. The van der Waals surface area contributed by atoms with Gasteiger partial charge in [-0.2, -0.15) is 5.10 Å². The summed E-state index contributed by atoms with van der Waals surface area (Å²) in [6, 6.07) is 16.0. The second-order valence-corrected chi connectivity index (χ2v) is 7.79. The van der Waals surface area contributed by atoms with Gasteiger partial charge in [-0.15, -0.1) is 0 Å². The Balaban J connectivity index is 1.65. The number of unbranched alkanes of at least 4 members (excludes halogenated alkanes) is 1. The highest BCUT2D eigenvalue weighted by atomic mass is 79.9. The molecule has 0 unspecified atom stereocenters. The summed E-state index contributed by atoms with van der Waals surface area (Å²) in [6.07, 6.45) is 7.13. The van der Waals surface area contributed by atoms with Crippen LogP contribution in [-0.2, 0) is 6.54 Å². The number of aromatic nitrogens is 2. The van der Waals surface area contributed by atoms with E-state index in [0.717, 1.165) is 29.4 Å². The number of amides is 1. The van der Waals surface area contributed by atoms with Crippen LogP contribution in [0.1, 0.15) is 35.7 Å². The summed E-state index contributed by atoms with van der Waals surface area (Å²) < 4.78 is 3.44. The highest BCUT2D eigenvalue weighted by molar-refractivity contribution is 9.10. The van der Waals surface area contributed by atoms with E-state index in [1.165, 1.54) is 21.8 Å². The fourth-order valence-corrected chi connectivity index (χ4v) is 3.83. The van der Waals surface area contributed by atoms with E-state index in [1.54, 1.807) is 30.7 Å². The van der Waals surface area contributed by atoms with E-state index in [2.05, 4.69) is 73.3 Å². The normalized spacial score (nSPS) is 11.5. The van der Waals surface area contributed by atoms with Crippen molar-refractivity contribution in [3.8, 4) is 0 Å².